The van der Waals surface area contributed by atoms with Gasteiger partial charge in [-0.1, -0.05) is 0 Å². The molecule has 1 aromatic heterocycles. The highest BCUT2D eigenvalue weighted by Gasteiger charge is 2.21. The molecule has 0 unspecified atom stereocenters. The van der Waals surface area contributed by atoms with Crippen molar-refractivity contribution in [2.24, 2.45) is 5.92 Å². The number of piperidine rings is 1. The lowest BCUT2D eigenvalue weighted by Gasteiger charge is -2.31. The van der Waals surface area contributed by atoms with Gasteiger partial charge in [0.25, 0.3) is 0 Å². The van der Waals surface area contributed by atoms with Crippen LogP contribution in [0.4, 0.5) is 20.8 Å². The van der Waals surface area contributed by atoms with Crippen molar-refractivity contribution in [3.05, 3.63) is 42.0 Å². The van der Waals surface area contributed by atoms with E-state index in [4.69, 9.17) is 4.74 Å². The maximum atomic E-state index is 14.0. The highest BCUT2D eigenvalue weighted by molar-refractivity contribution is 7.90. The molecule has 1 aliphatic rings. The van der Waals surface area contributed by atoms with E-state index in [-0.39, 0.29) is 17.2 Å². The van der Waals surface area contributed by atoms with Crippen LogP contribution in [0.5, 0.6) is 0 Å². The molecule has 1 saturated heterocycles. The molecular weight excluding hydrogens is 411 g/mol. The average Bonchev–Trinajstić information content (AvgIpc) is 2.69. The first-order chi connectivity index (χ1) is 14.2. The van der Waals surface area contributed by atoms with Crippen molar-refractivity contribution < 1.29 is 22.3 Å². The molecule has 0 bridgehead atoms. The second kappa shape index (κ2) is 9.38. The van der Waals surface area contributed by atoms with Crippen molar-refractivity contribution >= 4 is 27.6 Å². The fourth-order valence-corrected chi connectivity index (χ4v) is 3.93. The van der Waals surface area contributed by atoms with Crippen LogP contribution in [0.3, 0.4) is 0 Å². The molecule has 1 amide bonds. The van der Waals surface area contributed by atoms with Crippen LogP contribution in [0.1, 0.15) is 25.0 Å². The number of aromatic nitrogens is 2. The second-order valence-electron chi connectivity index (χ2n) is 7.39. The SMILES string of the molecule is Cc1ccnc(N2CCC(CCOC(=O)Nc3ccc(S(C)(=O)=O)cc3F)CC2)n1. The number of sulfone groups is 1. The first-order valence-electron chi connectivity index (χ1n) is 9.70. The van der Waals surface area contributed by atoms with Crippen molar-refractivity contribution in [1.29, 1.82) is 0 Å². The van der Waals surface area contributed by atoms with Gasteiger partial charge in [0.1, 0.15) is 5.82 Å². The Labute approximate surface area is 175 Å². The quantitative estimate of drug-likeness (QED) is 0.742. The fraction of sp³-hybridized carbons (Fsp3) is 0.450. The number of hydrogen-bond acceptors (Lipinski definition) is 7. The van der Waals surface area contributed by atoms with E-state index in [9.17, 15) is 17.6 Å². The van der Waals surface area contributed by atoms with Crippen molar-refractivity contribution in [3.63, 3.8) is 0 Å². The third kappa shape index (κ3) is 5.88. The molecule has 2 heterocycles. The summed E-state index contributed by atoms with van der Waals surface area (Å²) in [4.78, 5) is 22.7. The maximum absolute atomic E-state index is 14.0. The van der Waals surface area contributed by atoms with E-state index in [1.807, 2.05) is 13.0 Å². The highest BCUT2D eigenvalue weighted by Crippen LogP contribution is 2.23. The number of hydrogen-bond donors (Lipinski definition) is 1. The van der Waals surface area contributed by atoms with E-state index < -0.39 is 21.7 Å². The van der Waals surface area contributed by atoms with E-state index in [1.54, 1.807) is 6.20 Å². The number of anilines is 2. The number of rotatable bonds is 6. The summed E-state index contributed by atoms with van der Waals surface area (Å²) >= 11 is 0. The predicted octanol–water partition coefficient (Wildman–Crippen LogP) is 3.18. The summed E-state index contributed by atoms with van der Waals surface area (Å²) in [5.41, 5.74) is 0.808. The summed E-state index contributed by atoms with van der Waals surface area (Å²) in [6.45, 7) is 3.85. The number of ether oxygens (including phenoxy) is 1. The highest BCUT2D eigenvalue weighted by atomic mass is 32.2. The number of nitrogens with zero attached hydrogens (tertiary/aromatic N) is 3. The van der Waals surface area contributed by atoms with Crippen molar-refractivity contribution in [3.8, 4) is 0 Å². The van der Waals surface area contributed by atoms with Gasteiger partial charge in [0.05, 0.1) is 17.2 Å². The number of nitrogens with one attached hydrogen (secondary N) is 1. The number of aryl methyl sites for hydroxylation is 1. The molecule has 3 rings (SSSR count). The third-order valence-corrected chi connectivity index (χ3v) is 6.15. The van der Waals surface area contributed by atoms with E-state index in [0.717, 1.165) is 49.9 Å². The fourth-order valence-electron chi connectivity index (χ4n) is 3.30. The molecule has 0 spiro atoms. The van der Waals surface area contributed by atoms with Crippen LogP contribution >= 0.6 is 0 Å². The lowest BCUT2D eigenvalue weighted by molar-refractivity contribution is 0.150. The Morgan fingerprint density at radius 3 is 2.67 bits per heavy atom. The van der Waals surface area contributed by atoms with Crippen molar-refractivity contribution in [2.45, 2.75) is 31.1 Å². The zero-order chi connectivity index (χ0) is 21.7. The molecule has 1 N–H and O–H groups in total. The van der Waals surface area contributed by atoms with Gasteiger partial charge in [-0.3, -0.25) is 5.32 Å². The normalized spacial score (nSPS) is 15.1. The van der Waals surface area contributed by atoms with Gasteiger partial charge in [-0.2, -0.15) is 0 Å². The molecule has 10 heteroatoms. The van der Waals surface area contributed by atoms with Gasteiger partial charge in [-0.15, -0.1) is 0 Å². The Morgan fingerprint density at radius 2 is 2.03 bits per heavy atom. The molecule has 0 aliphatic carbocycles. The summed E-state index contributed by atoms with van der Waals surface area (Å²) in [7, 11) is -3.52. The third-order valence-electron chi connectivity index (χ3n) is 5.04. The number of carbonyl (C=O) groups excluding carboxylic acids is 1. The van der Waals surface area contributed by atoms with Gasteiger partial charge >= 0.3 is 6.09 Å². The Hall–Kier alpha value is -2.75. The standard InChI is InChI=1S/C20H25FN4O4S/c1-14-5-9-22-19(23-14)25-10-6-15(7-11-25)8-12-29-20(26)24-18-4-3-16(13-17(18)21)30(2,27)28/h3-5,9,13,15H,6-8,10-12H2,1-2H3,(H,24,26). The molecule has 0 radical (unpaired) electrons. The minimum absolute atomic E-state index is 0.126. The summed E-state index contributed by atoms with van der Waals surface area (Å²) in [5, 5.41) is 2.30. The van der Waals surface area contributed by atoms with Crippen molar-refractivity contribution in [1.82, 2.24) is 9.97 Å². The Balaban J connectivity index is 1.41. The minimum Gasteiger partial charge on any atom is -0.449 e. The molecule has 1 fully saturated rings. The lowest BCUT2D eigenvalue weighted by atomic mass is 9.94. The van der Waals surface area contributed by atoms with Gasteiger partial charge in [0.15, 0.2) is 9.84 Å². The maximum Gasteiger partial charge on any atom is 0.411 e. The summed E-state index contributed by atoms with van der Waals surface area (Å²) in [6, 6.07) is 5.18. The topological polar surface area (TPSA) is 101 Å². The van der Waals surface area contributed by atoms with Crippen LogP contribution in [0.2, 0.25) is 0 Å². The predicted molar refractivity (Wildman–Crippen MR) is 111 cm³/mol. The summed E-state index contributed by atoms with van der Waals surface area (Å²) < 4.78 is 42.0. The van der Waals surface area contributed by atoms with Crippen molar-refractivity contribution in [2.75, 3.05) is 36.2 Å². The summed E-state index contributed by atoms with van der Waals surface area (Å²) in [6.07, 6.45) is 4.58. The zero-order valence-corrected chi connectivity index (χ0v) is 17.8. The number of halogens is 1. The van der Waals surface area contributed by atoms with Gasteiger partial charge in [0.2, 0.25) is 5.95 Å². The molecule has 1 aliphatic heterocycles. The molecule has 162 valence electrons. The minimum atomic E-state index is -3.52. The van der Waals surface area contributed by atoms with Gasteiger partial charge in [-0.25, -0.2) is 27.6 Å². The molecule has 30 heavy (non-hydrogen) atoms. The molecule has 0 saturated carbocycles. The average molecular weight is 437 g/mol. The first-order valence-corrected chi connectivity index (χ1v) is 11.6. The Bertz CT molecular complexity index is 1010. The smallest absolute Gasteiger partial charge is 0.411 e. The van der Waals surface area contributed by atoms with Crippen LogP contribution in [0.15, 0.2) is 35.4 Å². The first kappa shape index (κ1) is 21.9. The van der Waals surface area contributed by atoms with E-state index in [1.165, 1.54) is 12.1 Å². The van der Waals surface area contributed by atoms with Crippen LogP contribution < -0.4 is 10.2 Å². The van der Waals surface area contributed by atoms with E-state index in [2.05, 4.69) is 20.2 Å². The Kier molecular flexibility index (Phi) is 6.86. The lowest BCUT2D eigenvalue weighted by Crippen LogP contribution is -2.35. The van der Waals surface area contributed by atoms with E-state index in [0.29, 0.717) is 12.3 Å². The van der Waals surface area contributed by atoms with Crippen LogP contribution in [-0.2, 0) is 14.6 Å². The second-order valence-corrected chi connectivity index (χ2v) is 9.41. The summed E-state index contributed by atoms with van der Waals surface area (Å²) in [5.74, 6) is 0.332. The number of carbonyl (C=O) groups is 1. The van der Waals surface area contributed by atoms with Crippen LogP contribution in [0, 0.1) is 18.7 Å². The molecule has 8 nitrogen and oxygen atoms in total. The van der Waals surface area contributed by atoms with Gasteiger partial charge in [0, 0.05) is 31.2 Å². The van der Waals surface area contributed by atoms with Gasteiger partial charge < -0.3 is 9.64 Å². The largest absolute Gasteiger partial charge is 0.449 e. The Morgan fingerprint density at radius 1 is 1.30 bits per heavy atom. The van der Waals surface area contributed by atoms with E-state index >= 15 is 0 Å². The number of benzene rings is 1. The van der Waals surface area contributed by atoms with Crippen LogP contribution in [-0.4, -0.2) is 50.4 Å². The van der Waals surface area contributed by atoms with Gasteiger partial charge in [-0.05, 0) is 56.4 Å². The number of amides is 1. The molecule has 1 aromatic carbocycles. The molecule has 0 atom stereocenters. The molecular formula is C20H25FN4O4S. The molecule has 2 aromatic rings. The van der Waals surface area contributed by atoms with Crippen LogP contribution in [0.25, 0.3) is 0 Å². The monoisotopic (exact) mass is 436 g/mol. The zero-order valence-electron chi connectivity index (χ0n) is 17.0.